The zero-order valence-electron chi connectivity index (χ0n) is 18.1. The second kappa shape index (κ2) is 10.5. The van der Waals surface area contributed by atoms with Gasteiger partial charge in [-0.2, -0.15) is 0 Å². The van der Waals surface area contributed by atoms with Crippen molar-refractivity contribution in [1.29, 1.82) is 0 Å². The number of aliphatic imine (C=N–C) groups is 1. The lowest BCUT2D eigenvalue weighted by atomic mass is 10.1. The molecule has 0 atom stereocenters. The van der Waals surface area contributed by atoms with Crippen LogP contribution in [0.2, 0.25) is 10.0 Å². The van der Waals surface area contributed by atoms with Crippen molar-refractivity contribution in [3.8, 4) is 5.75 Å². The minimum Gasteiger partial charge on any atom is -0.488 e. The first-order valence-electron chi connectivity index (χ1n) is 10.6. The summed E-state index contributed by atoms with van der Waals surface area (Å²) in [6.07, 6.45) is 1.82. The van der Waals surface area contributed by atoms with Gasteiger partial charge in [0.05, 0.1) is 25.1 Å². The lowest BCUT2D eigenvalue weighted by Crippen LogP contribution is -2.19. The van der Waals surface area contributed by atoms with Crippen molar-refractivity contribution >= 4 is 84.5 Å². The van der Waals surface area contributed by atoms with Gasteiger partial charge in [-0.3, -0.25) is 4.79 Å². The summed E-state index contributed by atoms with van der Waals surface area (Å²) in [7, 11) is 0. The Morgan fingerprint density at radius 3 is 2.63 bits per heavy atom. The number of carbonyl (C=O) groups excluding carboxylic acids is 1. The summed E-state index contributed by atoms with van der Waals surface area (Å²) in [5.41, 5.74) is 2.59. The van der Waals surface area contributed by atoms with E-state index >= 15 is 0 Å². The van der Waals surface area contributed by atoms with Crippen LogP contribution in [-0.4, -0.2) is 11.1 Å². The van der Waals surface area contributed by atoms with Gasteiger partial charge in [-0.05, 0) is 86.0 Å². The number of halogens is 3. The largest absolute Gasteiger partial charge is 0.488 e. The Labute approximate surface area is 225 Å². The average Bonchev–Trinajstić information content (AvgIpc) is 3.19. The van der Waals surface area contributed by atoms with E-state index in [2.05, 4.69) is 50.5 Å². The second-order valence-electron chi connectivity index (χ2n) is 7.70. The number of amides is 1. The lowest BCUT2D eigenvalue weighted by Gasteiger charge is -2.11. The van der Waals surface area contributed by atoms with E-state index < -0.39 is 0 Å². The molecular weight excluding hydrogens is 567 g/mol. The summed E-state index contributed by atoms with van der Waals surface area (Å²) in [5, 5.41) is 6.48. The minimum atomic E-state index is -0.207. The van der Waals surface area contributed by atoms with Crippen molar-refractivity contribution in [2.45, 2.75) is 6.61 Å². The predicted molar refractivity (Wildman–Crippen MR) is 150 cm³/mol. The van der Waals surface area contributed by atoms with Crippen molar-refractivity contribution in [2.24, 2.45) is 4.99 Å². The van der Waals surface area contributed by atoms with E-state index in [-0.39, 0.29) is 5.91 Å². The molecule has 4 nitrogen and oxygen atoms in total. The first kappa shape index (κ1) is 23.9. The number of hydrogen-bond acceptors (Lipinski definition) is 4. The fourth-order valence-corrected chi connectivity index (χ4v) is 5.25. The summed E-state index contributed by atoms with van der Waals surface area (Å²) < 4.78 is 6.89. The molecule has 0 radical (unpaired) electrons. The molecule has 1 fully saturated rings. The Morgan fingerprint density at radius 2 is 1.80 bits per heavy atom. The molecule has 1 amide bonds. The zero-order valence-corrected chi connectivity index (χ0v) is 22.0. The summed E-state index contributed by atoms with van der Waals surface area (Å²) in [6.45, 7) is 0.452. The molecule has 0 unspecified atom stereocenters. The van der Waals surface area contributed by atoms with Crippen LogP contribution in [0.5, 0.6) is 5.75 Å². The van der Waals surface area contributed by atoms with Crippen molar-refractivity contribution in [2.75, 3.05) is 0 Å². The molecule has 4 aromatic carbocycles. The van der Waals surface area contributed by atoms with Crippen molar-refractivity contribution in [3.05, 3.63) is 109 Å². The highest BCUT2D eigenvalue weighted by atomic mass is 79.9. The molecule has 4 aromatic rings. The maximum Gasteiger partial charge on any atom is 0.264 e. The molecule has 1 saturated heterocycles. The number of ether oxygens (including phenoxy) is 1. The Bertz CT molecular complexity index is 1520. The Hall–Kier alpha value is -2.77. The Kier molecular flexibility index (Phi) is 7.16. The maximum absolute atomic E-state index is 12.5. The first-order chi connectivity index (χ1) is 17.0. The Balaban J connectivity index is 1.30. The van der Waals surface area contributed by atoms with Crippen LogP contribution >= 0.6 is 50.9 Å². The maximum atomic E-state index is 12.5. The quantitative estimate of drug-likeness (QED) is 0.240. The summed E-state index contributed by atoms with van der Waals surface area (Å²) in [4.78, 5) is 17.4. The van der Waals surface area contributed by atoms with Gasteiger partial charge in [0, 0.05) is 0 Å². The third-order valence-corrected chi connectivity index (χ3v) is 7.57. The highest BCUT2D eigenvalue weighted by molar-refractivity contribution is 9.10. The average molecular weight is 584 g/mol. The van der Waals surface area contributed by atoms with Crippen LogP contribution in [0, 0.1) is 0 Å². The highest BCUT2D eigenvalue weighted by Crippen LogP contribution is 2.33. The smallest absolute Gasteiger partial charge is 0.264 e. The van der Waals surface area contributed by atoms with Gasteiger partial charge in [0.1, 0.15) is 12.4 Å². The number of nitrogens with zero attached hydrogens (tertiary/aromatic N) is 1. The third kappa shape index (κ3) is 5.57. The number of benzene rings is 4. The van der Waals surface area contributed by atoms with E-state index in [9.17, 15) is 4.79 Å². The second-order valence-corrected chi connectivity index (χ2v) is 10.4. The van der Waals surface area contributed by atoms with Gasteiger partial charge in [0.2, 0.25) is 0 Å². The molecule has 1 N–H and O–H groups in total. The van der Waals surface area contributed by atoms with Gasteiger partial charge < -0.3 is 10.1 Å². The zero-order chi connectivity index (χ0) is 24.4. The van der Waals surface area contributed by atoms with Crippen LogP contribution in [0.3, 0.4) is 0 Å². The van der Waals surface area contributed by atoms with E-state index in [0.29, 0.717) is 32.4 Å². The lowest BCUT2D eigenvalue weighted by molar-refractivity contribution is -0.115. The fourth-order valence-electron chi connectivity index (χ4n) is 3.60. The summed E-state index contributed by atoms with van der Waals surface area (Å²) in [5.74, 6) is 0.520. The number of thioether (sulfide) groups is 1. The van der Waals surface area contributed by atoms with Crippen LogP contribution in [0.25, 0.3) is 16.8 Å². The standard InChI is InChI=1S/C27H17BrCl2N2O2S/c28-21-12-16(8-11-24(21)34-15-18-6-3-5-17-4-1-2-7-20(17)18)13-25-26(33)32-27(35-25)31-19-9-10-22(29)23(30)14-19/h1-14H,15H2,(H,31,32,33)/b25-13+. The van der Waals surface area contributed by atoms with Crippen LogP contribution in [-0.2, 0) is 11.4 Å². The molecule has 0 aliphatic carbocycles. The fraction of sp³-hybridized carbons (Fsp3) is 0.0370. The van der Waals surface area contributed by atoms with Crippen LogP contribution in [0.15, 0.2) is 93.2 Å². The van der Waals surface area contributed by atoms with E-state index in [0.717, 1.165) is 21.3 Å². The van der Waals surface area contributed by atoms with E-state index in [1.54, 1.807) is 18.2 Å². The number of fused-ring (bicyclic) bond motifs is 1. The van der Waals surface area contributed by atoms with Gasteiger partial charge >= 0.3 is 0 Å². The molecule has 0 bridgehead atoms. The molecule has 1 aliphatic heterocycles. The third-order valence-electron chi connectivity index (χ3n) is 5.30. The van der Waals surface area contributed by atoms with E-state index in [1.807, 2.05) is 42.5 Å². The molecule has 35 heavy (non-hydrogen) atoms. The van der Waals surface area contributed by atoms with Gasteiger partial charge in [-0.25, -0.2) is 4.99 Å². The van der Waals surface area contributed by atoms with Crippen molar-refractivity contribution in [3.63, 3.8) is 0 Å². The number of amidine groups is 1. The van der Waals surface area contributed by atoms with Gasteiger partial charge in [-0.1, -0.05) is 71.7 Å². The molecule has 0 aromatic heterocycles. The van der Waals surface area contributed by atoms with E-state index in [1.165, 1.54) is 22.5 Å². The van der Waals surface area contributed by atoms with Gasteiger partial charge in [0.25, 0.3) is 5.91 Å². The predicted octanol–water partition coefficient (Wildman–Crippen LogP) is 8.38. The first-order valence-corrected chi connectivity index (χ1v) is 13.0. The number of carbonyl (C=O) groups is 1. The highest BCUT2D eigenvalue weighted by Gasteiger charge is 2.24. The van der Waals surface area contributed by atoms with Crippen LogP contribution in [0.4, 0.5) is 5.69 Å². The number of hydrogen-bond donors (Lipinski definition) is 1. The Morgan fingerprint density at radius 1 is 0.971 bits per heavy atom. The molecule has 5 rings (SSSR count). The van der Waals surface area contributed by atoms with Gasteiger partial charge in [-0.15, -0.1) is 0 Å². The van der Waals surface area contributed by atoms with Crippen molar-refractivity contribution < 1.29 is 9.53 Å². The van der Waals surface area contributed by atoms with Crippen LogP contribution < -0.4 is 10.1 Å². The number of rotatable bonds is 5. The summed E-state index contributed by atoms with van der Waals surface area (Å²) in [6, 6.07) is 25.2. The normalized spacial score (nSPS) is 15.7. The summed E-state index contributed by atoms with van der Waals surface area (Å²) >= 11 is 16.9. The molecular formula is C27H17BrCl2N2O2S. The van der Waals surface area contributed by atoms with Crippen LogP contribution in [0.1, 0.15) is 11.1 Å². The molecule has 1 aliphatic rings. The number of nitrogens with one attached hydrogen (secondary N) is 1. The molecule has 8 heteroatoms. The minimum absolute atomic E-state index is 0.207. The molecule has 174 valence electrons. The monoisotopic (exact) mass is 582 g/mol. The SMILES string of the molecule is O=C1NC(=Nc2ccc(Cl)c(Cl)c2)S/C1=C/c1ccc(OCc2cccc3ccccc23)c(Br)c1. The van der Waals surface area contributed by atoms with Crippen molar-refractivity contribution in [1.82, 2.24) is 5.32 Å². The molecule has 0 saturated carbocycles. The topological polar surface area (TPSA) is 50.7 Å². The van der Waals surface area contributed by atoms with E-state index in [4.69, 9.17) is 27.9 Å². The molecule has 1 heterocycles. The van der Waals surface area contributed by atoms with Gasteiger partial charge in [0.15, 0.2) is 5.17 Å². The molecule has 0 spiro atoms.